The Balaban J connectivity index is 2.88. The van der Waals surface area contributed by atoms with Gasteiger partial charge in [-0.05, 0) is 31.5 Å². The summed E-state index contributed by atoms with van der Waals surface area (Å²) in [5, 5.41) is 0.542. The molecule has 0 amide bonds. The Hall–Kier alpha value is -0.800. The van der Waals surface area contributed by atoms with Gasteiger partial charge in [0.1, 0.15) is 10.7 Å². The fourth-order valence-electron chi connectivity index (χ4n) is 1.05. The predicted octanol–water partition coefficient (Wildman–Crippen LogP) is 3.15. The Kier molecular flexibility index (Phi) is 4.36. The third kappa shape index (κ3) is 3.36. The van der Waals surface area contributed by atoms with Crippen molar-refractivity contribution in [2.75, 3.05) is 0 Å². The van der Waals surface area contributed by atoms with E-state index in [2.05, 4.69) is 6.92 Å². The van der Waals surface area contributed by atoms with Crippen LogP contribution in [0.2, 0.25) is 5.02 Å². The van der Waals surface area contributed by atoms with Gasteiger partial charge < -0.3 is 10.5 Å². The fourth-order valence-corrected chi connectivity index (χ4v) is 1.40. The Labute approximate surface area is 100 Å². The highest BCUT2D eigenvalue weighted by atomic mass is 35.5. The van der Waals surface area contributed by atoms with Gasteiger partial charge in [-0.1, -0.05) is 30.7 Å². The molecule has 82 valence electrons. The summed E-state index contributed by atoms with van der Waals surface area (Å²) in [4.78, 5) is 0.340. The highest BCUT2D eigenvalue weighted by Gasteiger charge is 2.07. The number of hydrogen-bond donors (Lipinski definition) is 1. The molecule has 0 radical (unpaired) electrons. The third-order valence-electron chi connectivity index (χ3n) is 2.12. The molecule has 1 aromatic rings. The molecular formula is C11H14ClNOS. The molecule has 0 heterocycles. The van der Waals surface area contributed by atoms with Gasteiger partial charge in [0.05, 0.1) is 11.1 Å². The Morgan fingerprint density at radius 2 is 2.27 bits per heavy atom. The van der Waals surface area contributed by atoms with E-state index >= 15 is 0 Å². The summed E-state index contributed by atoms with van der Waals surface area (Å²) in [6, 6.07) is 5.33. The Morgan fingerprint density at radius 3 is 2.73 bits per heavy atom. The average molecular weight is 244 g/mol. The number of nitrogens with two attached hydrogens (primary N) is 1. The van der Waals surface area contributed by atoms with Gasteiger partial charge in [-0.2, -0.15) is 0 Å². The molecule has 1 atom stereocenters. The van der Waals surface area contributed by atoms with E-state index in [0.717, 1.165) is 12.0 Å². The van der Waals surface area contributed by atoms with Crippen molar-refractivity contribution in [2.24, 2.45) is 5.73 Å². The van der Waals surface area contributed by atoms with Crippen LogP contribution in [0.4, 0.5) is 0 Å². The number of halogens is 1. The molecule has 2 N–H and O–H groups in total. The van der Waals surface area contributed by atoms with Crippen LogP contribution in [0, 0.1) is 0 Å². The van der Waals surface area contributed by atoms with E-state index < -0.39 is 0 Å². The van der Waals surface area contributed by atoms with Crippen LogP contribution in [-0.2, 0) is 0 Å². The van der Waals surface area contributed by atoms with Gasteiger partial charge in [-0.15, -0.1) is 0 Å². The smallest absolute Gasteiger partial charge is 0.138 e. The summed E-state index contributed by atoms with van der Waals surface area (Å²) in [5.41, 5.74) is 6.25. The van der Waals surface area contributed by atoms with Crippen molar-refractivity contribution >= 4 is 28.8 Å². The summed E-state index contributed by atoms with van der Waals surface area (Å²) in [7, 11) is 0. The number of hydrogen-bond acceptors (Lipinski definition) is 2. The normalized spacial score (nSPS) is 12.2. The lowest BCUT2D eigenvalue weighted by Crippen LogP contribution is -2.12. The quantitative estimate of drug-likeness (QED) is 0.826. The first-order valence-electron chi connectivity index (χ1n) is 4.80. The highest BCUT2D eigenvalue weighted by molar-refractivity contribution is 7.80. The molecule has 0 spiro atoms. The zero-order chi connectivity index (χ0) is 11.4. The predicted molar refractivity (Wildman–Crippen MR) is 67.7 cm³/mol. The zero-order valence-corrected chi connectivity index (χ0v) is 10.4. The number of ether oxygens (including phenoxy) is 1. The molecule has 0 aliphatic carbocycles. The van der Waals surface area contributed by atoms with Crippen LogP contribution < -0.4 is 10.5 Å². The van der Waals surface area contributed by atoms with Crippen molar-refractivity contribution in [1.82, 2.24) is 0 Å². The maximum absolute atomic E-state index is 6.03. The average Bonchev–Trinajstić information content (AvgIpc) is 2.20. The topological polar surface area (TPSA) is 35.2 Å². The minimum Gasteiger partial charge on any atom is -0.489 e. The van der Waals surface area contributed by atoms with E-state index in [9.17, 15) is 0 Å². The lowest BCUT2D eigenvalue weighted by molar-refractivity contribution is 0.217. The van der Waals surface area contributed by atoms with Crippen molar-refractivity contribution in [2.45, 2.75) is 26.4 Å². The van der Waals surface area contributed by atoms with Crippen molar-refractivity contribution in [3.05, 3.63) is 28.8 Å². The highest BCUT2D eigenvalue weighted by Crippen LogP contribution is 2.26. The molecule has 1 aromatic carbocycles. The van der Waals surface area contributed by atoms with Gasteiger partial charge in [0.2, 0.25) is 0 Å². The van der Waals surface area contributed by atoms with Gasteiger partial charge in [-0.25, -0.2) is 0 Å². The van der Waals surface area contributed by atoms with Gasteiger partial charge >= 0.3 is 0 Å². The number of thiocarbonyl (C=S) groups is 1. The van der Waals surface area contributed by atoms with E-state index in [1.54, 1.807) is 12.1 Å². The SMILES string of the molecule is CCC(C)Oc1ccc(C(N)=S)cc1Cl. The lowest BCUT2D eigenvalue weighted by Gasteiger charge is -2.14. The van der Waals surface area contributed by atoms with E-state index in [1.807, 2.05) is 13.0 Å². The first-order chi connectivity index (χ1) is 7.04. The summed E-state index contributed by atoms with van der Waals surface area (Å²) < 4.78 is 5.61. The fraction of sp³-hybridized carbons (Fsp3) is 0.364. The summed E-state index contributed by atoms with van der Waals surface area (Å²) in [6.07, 6.45) is 1.09. The zero-order valence-electron chi connectivity index (χ0n) is 8.79. The van der Waals surface area contributed by atoms with E-state index in [4.69, 9.17) is 34.3 Å². The van der Waals surface area contributed by atoms with Crippen LogP contribution in [0.25, 0.3) is 0 Å². The standard InChI is InChI=1S/C11H14ClNOS/c1-3-7(2)14-10-5-4-8(11(13)15)6-9(10)12/h4-7H,3H2,1-2H3,(H2,13,15). The molecule has 0 bridgehead atoms. The maximum atomic E-state index is 6.03. The Morgan fingerprint density at radius 1 is 1.60 bits per heavy atom. The van der Waals surface area contributed by atoms with Gasteiger partial charge in [0.15, 0.2) is 0 Å². The summed E-state index contributed by atoms with van der Waals surface area (Å²) >= 11 is 10.9. The minimum absolute atomic E-state index is 0.151. The summed E-state index contributed by atoms with van der Waals surface area (Å²) in [6.45, 7) is 4.06. The molecule has 0 aliphatic heterocycles. The molecule has 0 saturated heterocycles. The van der Waals surface area contributed by atoms with Gasteiger partial charge in [-0.3, -0.25) is 0 Å². The monoisotopic (exact) mass is 243 g/mol. The lowest BCUT2D eigenvalue weighted by atomic mass is 10.2. The van der Waals surface area contributed by atoms with Crippen LogP contribution in [0.3, 0.4) is 0 Å². The van der Waals surface area contributed by atoms with Crippen molar-refractivity contribution in [3.8, 4) is 5.75 Å². The molecule has 1 unspecified atom stereocenters. The molecule has 1 rings (SSSR count). The van der Waals surface area contributed by atoms with Crippen LogP contribution in [-0.4, -0.2) is 11.1 Å². The number of rotatable bonds is 4. The number of benzene rings is 1. The largest absolute Gasteiger partial charge is 0.489 e. The van der Waals surface area contributed by atoms with Crippen LogP contribution in [0.15, 0.2) is 18.2 Å². The first-order valence-corrected chi connectivity index (χ1v) is 5.59. The van der Waals surface area contributed by atoms with Crippen LogP contribution in [0.1, 0.15) is 25.8 Å². The second-order valence-electron chi connectivity index (χ2n) is 3.35. The first kappa shape index (κ1) is 12.3. The maximum Gasteiger partial charge on any atom is 0.138 e. The van der Waals surface area contributed by atoms with Crippen molar-refractivity contribution in [3.63, 3.8) is 0 Å². The molecule has 0 aromatic heterocycles. The molecule has 15 heavy (non-hydrogen) atoms. The van der Waals surface area contributed by atoms with Gasteiger partial charge in [0.25, 0.3) is 0 Å². The molecule has 0 aliphatic rings. The molecule has 4 heteroatoms. The van der Waals surface area contributed by atoms with Gasteiger partial charge in [0, 0.05) is 5.56 Å². The molecular weight excluding hydrogens is 230 g/mol. The van der Waals surface area contributed by atoms with Crippen LogP contribution >= 0.6 is 23.8 Å². The Bertz CT molecular complexity index is 368. The molecule has 0 fully saturated rings. The second kappa shape index (κ2) is 5.33. The van der Waals surface area contributed by atoms with Crippen LogP contribution in [0.5, 0.6) is 5.75 Å². The molecule has 0 saturated carbocycles. The summed E-state index contributed by atoms with van der Waals surface area (Å²) in [5.74, 6) is 0.672. The van der Waals surface area contributed by atoms with E-state index in [0.29, 0.717) is 15.8 Å². The van der Waals surface area contributed by atoms with E-state index in [-0.39, 0.29) is 6.10 Å². The van der Waals surface area contributed by atoms with E-state index in [1.165, 1.54) is 0 Å². The van der Waals surface area contributed by atoms with Crippen molar-refractivity contribution < 1.29 is 4.74 Å². The molecule has 2 nitrogen and oxygen atoms in total. The third-order valence-corrected chi connectivity index (χ3v) is 2.65. The minimum atomic E-state index is 0.151. The second-order valence-corrected chi connectivity index (χ2v) is 4.19. The van der Waals surface area contributed by atoms with Crippen molar-refractivity contribution in [1.29, 1.82) is 0 Å².